The molecule has 1 amide bonds. The number of likely N-dealkylation sites (tertiary alicyclic amines) is 2. The Balaban J connectivity index is 1.38. The van der Waals surface area contributed by atoms with Gasteiger partial charge in [0, 0.05) is 24.7 Å². The average molecular weight is 402 g/mol. The molecule has 0 radical (unpaired) electrons. The van der Waals surface area contributed by atoms with Gasteiger partial charge in [-0.1, -0.05) is 43.2 Å². The fourth-order valence-electron chi connectivity index (χ4n) is 5.06. The van der Waals surface area contributed by atoms with Gasteiger partial charge in [-0.25, -0.2) is 0 Å². The van der Waals surface area contributed by atoms with E-state index < -0.39 is 0 Å². The van der Waals surface area contributed by atoms with Crippen LogP contribution in [0.1, 0.15) is 60.0 Å². The van der Waals surface area contributed by atoms with Gasteiger partial charge < -0.3 is 4.90 Å². The molecule has 2 aliphatic heterocycles. The molecule has 4 rings (SSSR count). The van der Waals surface area contributed by atoms with Crippen molar-refractivity contribution in [2.75, 3.05) is 19.6 Å². The second-order valence-corrected chi connectivity index (χ2v) is 8.70. The zero-order valence-electron chi connectivity index (χ0n) is 17.7. The monoisotopic (exact) mass is 401 g/mol. The quantitative estimate of drug-likeness (QED) is 0.735. The van der Waals surface area contributed by atoms with Crippen molar-refractivity contribution in [2.45, 2.75) is 51.1 Å². The van der Waals surface area contributed by atoms with Crippen molar-refractivity contribution in [3.63, 3.8) is 0 Å². The maximum Gasteiger partial charge on any atom is 0.254 e. The van der Waals surface area contributed by atoms with E-state index in [0.29, 0.717) is 17.5 Å². The molecule has 2 saturated heterocycles. The van der Waals surface area contributed by atoms with E-state index in [-0.39, 0.29) is 5.91 Å². The van der Waals surface area contributed by atoms with E-state index in [4.69, 9.17) is 5.26 Å². The Morgan fingerprint density at radius 3 is 2.33 bits per heavy atom. The highest BCUT2D eigenvalue weighted by Gasteiger charge is 2.34. The molecule has 4 heteroatoms. The Bertz CT molecular complexity index is 863. The van der Waals surface area contributed by atoms with Gasteiger partial charge in [-0.2, -0.15) is 5.26 Å². The Hall–Kier alpha value is -2.64. The fourth-order valence-corrected chi connectivity index (χ4v) is 5.06. The maximum absolute atomic E-state index is 13.3. The van der Waals surface area contributed by atoms with Gasteiger partial charge in [-0.15, -0.1) is 0 Å². The third-order valence-corrected chi connectivity index (χ3v) is 6.75. The van der Waals surface area contributed by atoms with E-state index in [1.165, 1.54) is 18.4 Å². The number of piperidine rings is 1. The van der Waals surface area contributed by atoms with Crippen LogP contribution in [0, 0.1) is 17.2 Å². The largest absolute Gasteiger partial charge is 0.335 e. The zero-order valence-corrected chi connectivity index (χ0v) is 17.7. The second-order valence-electron chi connectivity index (χ2n) is 8.70. The first kappa shape index (κ1) is 20.6. The first-order valence-corrected chi connectivity index (χ1v) is 11.3. The van der Waals surface area contributed by atoms with Crippen LogP contribution in [-0.4, -0.2) is 41.4 Å². The Morgan fingerprint density at radius 2 is 1.63 bits per heavy atom. The van der Waals surface area contributed by atoms with Gasteiger partial charge >= 0.3 is 0 Å². The molecule has 30 heavy (non-hydrogen) atoms. The minimum Gasteiger partial charge on any atom is -0.335 e. The highest BCUT2D eigenvalue weighted by molar-refractivity contribution is 5.94. The highest BCUT2D eigenvalue weighted by atomic mass is 16.2. The van der Waals surface area contributed by atoms with Crippen LogP contribution in [0.25, 0.3) is 0 Å². The molecular weight excluding hydrogens is 370 g/mol. The van der Waals surface area contributed by atoms with Crippen LogP contribution in [0.4, 0.5) is 0 Å². The third kappa shape index (κ3) is 4.91. The van der Waals surface area contributed by atoms with Crippen LogP contribution in [0.2, 0.25) is 0 Å². The van der Waals surface area contributed by atoms with E-state index >= 15 is 0 Å². The Labute approximate surface area is 180 Å². The number of nitrogens with zero attached hydrogens (tertiary/aromatic N) is 3. The van der Waals surface area contributed by atoms with E-state index in [1.54, 1.807) is 0 Å². The van der Waals surface area contributed by atoms with Crippen molar-refractivity contribution >= 4 is 5.91 Å². The first-order valence-electron chi connectivity index (χ1n) is 11.3. The number of hydrogen-bond donors (Lipinski definition) is 0. The van der Waals surface area contributed by atoms with Gasteiger partial charge in [0.05, 0.1) is 11.6 Å². The lowest BCUT2D eigenvalue weighted by atomic mass is 9.85. The molecule has 2 aromatic carbocycles. The summed E-state index contributed by atoms with van der Waals surface area (Å²) in [5.41, 5.74) is 2.81. The molecule has 0 spiro atoms. The summed E-state index contributed by atoms with van der Waals surface area (Å²) >= 11 is 0. The van der Waals surface area contributed by atoms with Crippen molar-refractivity contribution in [2.24, 2.45) is 5.92 Å². The van der Waals surface area contributed by atoms with E-state index in [0.717, 1.165) is 57.4 Å². The molecule has 2 heterocycles. The topological polar surface area (TPSA) is 47.3 Å². The molecule has 0 aliphatic carbocycles. The number of benzene rings is 2. The van der Waals surface area contributed by atoms with Crippen LogP contribution in [0.5, 0.6) is 0 Å². The van der Waals surface area contributed by atoms with Gasteiger partial charge in [0.25, 0.3) is 5.91 Å². The molecule has 0 saturated carbocycles. The van der Waals surface area contributed by atoms with Crippen molar-refractivity contribution in [3.8, 4) is 6.07 Å². The Morgan fingerprint density at radius 1 is 0.900 bits per heavy atom. The van der Waals surface area contributed by atoms with E-state index in [9.17, 15) is 4.79 Å². The van der Waals surface area contributed by atoms with Crippen LogP contribution in [-0.2, 0) is 6.54 Å². The maximum atomic E-state index is 13.3. The molecule has 4 nitrogen and oxygen atoms in total. The molecule has 0 bridgehead atoms. The van der Waals surface area contributed by atoms with Gasteiger partial charge in [-0.3, -0.25) is 9.69 Å². The molecule has 2 fully saturated rings. The molecule has 0 aromatic heterocycles. The fraction of sp³-hybridized carbons (Fsp3) is 0.462. The number of carbonyl (C=O) groups excluding carboxylic acids is 1. The second kappa shape index (κ2) is 9.91. The van der Waals surface area contributed by atoms with Gasteiger partial charge in [-0.05, 0) is 74.5 Å². The normalized spacial score (nSPS) is 21.0. The number of amides is 1. The Kier molecular flexibility index (Phi) is 6.81. The number of nitriles is 1. The molecule has 0 N–H and O–H groups in total. The number of carbonyl (C=O) groups is 1. The smallest absolute Gasteiger partial charge is 0.254 e. The highest BCUT2D eigenvalue weighted by Crippen LogP contribution is 2.31. The van der Waals surface area contributed by atoms with Crippen molar-refractivity contribution in [1.82, 2.24) is 9.80 Å². The lowest BCUT2D eigenvalue weighted by Crippen LogP contribution is -2.47. The van der Waals surface area contributed by atoms with Crippen LogP contribution in [0.15, 0.2) is 54.6 Å². The number of hydrogen-bond acceptors (Lipinski definition) is 3. The molecule has 156 valence electrons. The number of rotatable bonds is 4. The predicted octanol–water partition coefficient (Wildman–Crippen LogP) is 4.86. The minimum absolute atomic E-state index is 0.211. The van der Waals surface area contributed by atoms with Crippen molar-refractivity contribution in [1.29, 1.82) is 5.26 Å². The summed E-state index contributed by atoms with van der Waals surface area (Å²) in [5, 5.41) is 8.97. The molecule has 1 atom stereocenters. The minimum atomic E-state index is 0.211. The summed E-state index contributed by atoms with van der Waals surface area (Å²) in [5.74, 6) is 0.801. The first-order chi connectivity index (χ1) is 14.7. The van der Waals surface area contributed by atoms with Gasteiger partial charge in [0.2, 0.25) is 0 Å². The summed E-state index contributed by atoms with van der Waals surface area (Å²) in [6, 6.07) is 20.3. The molecule has 0 unspecified atom stereocenters. The SMILES string of the molecule is N#Cc1ccc(CN2CCC([C@H]3CCCCCN3C(=O)c3ccccc3)CC2)cc1. The van der Waals surface area contributed by atoms with Crippen molar-refractivity contribution in [3.05, 3.63) is 71.3 Å². The van der Waals surface area contributed by atoms with Crippen LogP contribution < -0.4 is 0 Å². The summed E-state index contributed by atoms with van der Waals surface area (Å²) in [6.07, 6.45) is 7.02. The lowest BCUT2D eigenvalue weighted by Gasteiger charge is -2.41. The molecule has 2 aromatic rings. The standard InChI is InChI=1S/C26H31N3O/c27-19-21-10-12-22(13-11-21)20-28-17-14-23(15-18-28)25-9-5-2-6-16-29(25)26(30)24-7-3-1-4-8-24/h1,3-4,7-8,10-13,23,25H,2,5-6,9,14-18,20H2/t25-/m1/s1. The van der Waals surface area contributed by atoms with Gasteiger partial charge in [0.1, 0.15) is 0 Å². The van der Waals surface area contributed by atoms with Crippen LogP contribution in [0.3, 0.4) is 0 Å². The van der Waals surface area contributed by atoms with Crippen molar-refractivity contribution < 1.29 is 4.79 Å². The van der Waals surface area contributed by atoms with E-state index in [2.05, 4.69) is 28.0 Å². The molecule has 2 aliphatic rings. The summed E-state index contributed by atoms with van der Waals surface area (Å²) in [4.78, 5) is 18.0. The lowest BCUT2D eigenvalue weighted by molar-refractivity contribution is 0.0515. The predicted molar refractivity (Wildman–Crippen MR) is 119 cm³/mol. The molecular formula is C26H31N3O. The van der Waals surface area contributed by atoms with Crippen LogP contribution >= 0.6 is 0 Å². The summed E-state index contributed by atoms with van der Waals surface area (Å²) in [7, 11) is 0. The summed E-state index contributed by atoms with van der Waals surface area (Å²) < 4.78 is 0. The van der Waals surface area contributed by atoms with E-state index in [1.807, 2.05) is 42.5 Å². The third-order valence-electron chi connectivity index (χ3n) is 6.75. The average Bonchev–Trinajstić information content (AvgIpc) is 3.06. The van der Waals surface area contributed by atoms with Gasteiger partial charge in [0.15, 0.2) is 0 Å². The zero-order chi connectivity index (χ0) is 20.8. The summed E-state index contributed by atoms with van der Waals surface area (Å²) in [6.45, 7) is 3.99.